The summed E-state index contributed by atoms with van der Waals surface area (Å²) in [5, 5.41) is 2.09. The minimum Gasteiger partial charge on any atom is -0.271 e. The summed E-state index contributed by atoms with van der Waals surface area (Å²) in [6.45, 7) is 2.09. The lowest BCUT2D eigenvalue weighted by molar-refractivity contribution is 0.555. The Bertz CT molecular complexity index is 478. The molecule has 0 saturated carbocycles. The van der Waals surface area contributed by atoms with Gasteiger partial charge in [0.25, 0.3) is 0 Å². The van der Waals surface area contributed by atoms with E-state index in [9.17, 15) is 0 Å². The van der Waals surface area contributed by atoms with Crippen molar-refractivity contribution in [1.82, 2.24) is 5.43 Å². The van der Waals surface area contributed by atoms with Gasteiger partial charge < -0.3 is 0 Å². The summed E-state index contributed by atoms with van der Waals surface area (Å²) in [5.41, 5.74) is 5.38. The first-order valence-electron chi connectivity index (χ1n) is 5.45. The van der Waals surface area contributed by atoms with Crippen molar-refractivity contribution in [2.24, 2.45) is 5.84 Å². The van der Waals surface area contributed by atoms with E-state index in [2.05, 4.69) is 64.0 Å². The highest BCUT2D eigenvalue weighted by Crippen LogP contribution is 2.28. The Morgan fingerprint density at radius 3 is 2.53 bits per heavy atom. The van der Waals surface area contributed by atoms with Crippen molar-refractivity contribution in [3.63, 3.8) is 0 Å². The second kappa shape index (κ2) is 5.78. The molecule has 0 bridgehead atoms. The van der Waals surface area contributed by atoms with E-state index in [-0.39, 0.29) is 6.04 Å². The van der Waals surface area contributed by atoms with Crippen molar-refractivity contribution < 1.29 is 0 Å². The number of hydrogen-bond donors (Lipinski definition) is 2. The fraction of sp³-hybridized carbons (Fsp3) is 0.231. The minimum absolute atomic E-state index is 0.158. The maximum atomic E-state index is 5.65. The van der Waals surface area contributed by atoms with Gasteiger partial charge in [0.2, 0.25) is 0 Å². The summed E-state index contributed by atoms with van der Waals surface area (Å²) < 4.78 is 1.16. The average Bonchev–Trinajstić information content (AvgIpc) is 2.73. The molecule has 90 valence electrons. The molecule has 1 heterocycles. The van der Waals surface area contributed by atoms with E-state index >= 15 is 0 Å². The summed E-state index contributed by atoms with van der Waals surface area (Å²) in [6.07, 6.45) is 0.901. The lowest BCUT2D eigenvalue weighted by Crippen LogP contribution is -2.29. The fourth-order valence-corrected chi connectivity index (χ4v) is 3.29. The van der Waals surface area contributed by atoms with Crippen LogP contribution in [0.2, 0.25) is 0 Å². The molecular formula is C13H15BrN2S. The van der Waals surface area contributed by atoms with Crippen LogP contribution in [0, 0.1) is 6.92 Å². The monoisotopic (exact) mass is 310 g/mol. The SMILES string of the molecule is Cc1ccc(C(Cc2sccc2Br)NN)cc1. The van der Waals surface area contributed by atoms with Gasteiger partial charge in [0.1, 0.15) is 0 Å². The van der Waals surface area contributed by atoms with Crippen LogP contribution in [0.25, 0.3) is 0 Å². The van der Waals surface area contributed by atoms with Crippen LogP contribution >= 0.6 is 27.3 Å². The van der Waals surface area contributed by atoms with E-state index in [1.165, 1.54) is 16.0 Å². The van der Waals surface area contributed by atoms with Crippen LogP contribution in [0.5, 0.6) is 0 Å². The highest BCUT2D eigenvalue weighted by molar-refractivity contribution is 9.10. The van der Waals surface area contributed by atoms with Gasteiger partial charge in [0.05, 0.1) is 6.04 Å². The standard InChI is InChI=1S/C13H15BrN2S/c1-9-2-4-10(5-3-9)12(16-15)8-13-11(14)6-7-17-13/h2-7,12,16H,8,15H2,1H3. The molecule has 1 atom stereocenters. The molecule has 0 aliphatic carbocycles. The molecule has 3 N–H and O–H groups in total. The summed E-state index contributed by atoms with van der Waals surface area (Å²) in [6, 6.07) is 10.7. The van der Waals surface area contributed by atoms with Gasteiger partial charge in [-0.25, -0.2) is 0 Å². The van der Waals surface area contributed by atoms with E-state index in [0.29, 0.717) is 0 Å². The smallest absolute Gasteiger partial charge is 0.0508 e. The van der Waals surface area contributed by atoms with Crippen LogP contribution in [0.3, 0.4) is 0 Å². The first kappa shape index (κ1) is 12.8. The van der Waals surface area contributed by atoms with Crippen LogP contribution in [0.4, 0.5) is 0 Å². The molecule has 17 heavy (non-hydrogen) atoms. The molecular weight excluding hydrogens is 296 g/mol. The van der Waals surface area contributed by atoms with E-state index < -0.39 is 0 Å². The summed E-state index contributed by atoms with van der Waals surface area (Å²) in [7, 11) is 0. The van der Waals surface area contributed by atoms with Gasteiger partial charge >= 0.3 is 0 Å². The Balaban J connectivity index is 2.17. The fourth-order valence-electron chi connectivity index (χ4n) is 1.73. The Morgan fingerprint density at radius 2 is 2.00 bits per heavy atom. The third-order valence-corrected chi connectivity index (χ3v) is 4.71. The molecule has 0 spiro atoms. The lowest BCUT2D eigenvalue weighted by atomic mass is 10.0. The maximum absolute atomic E-state index is 5.65. The van der Waals surface area contributed by atoms with Crippen LogP contribution < -0.4 is 11.3 Å². The van der Waals surface area contributed by atoms with Crippen LogP contribution in [-0.4, -0.2) is 0 Å². The van der Waals surface area contributed by atoms with Crippen LogP contribution in [-0.2, 0) is 6.42 Å². The van der Waals surface area contributed by atoms with E-state index in [1.54, 1.807) is 11.3 Å². The molecule has 1 aromatic carbocycles. The summed E-state index contributed by atoms with van der Waals surface area (Å²) in [5.74, 6) is 5.65. The van der Waals surface area contributed by atoms with Gasteiger partial charge in [-0.3, -0.25) is 11.3 Å². The second-order valence-corrected chi connectivity index (χ2v) is 5.88. The zero-order chi connectivity index (χ0) is 12.3. The van der Waals surface area contributed by atoms with Gasteiger partial charge in [0, 0.05) is 15.8 Å². The number of nitrogens with two attached hydrogens (primary N) is 1. The summed E-state index contributed by atoms with van der Waals surface area (Å²) in [4.78, 5) is 1.31. The molecule has 2 nitrogen and oxygen atoms in total. The van der Waals surface area contributed by atoms with E-state index in [0.717, 1.165) is 10.9 Å². The van der Waals surface area contributed by atoms with Crippen molar-refractivity contribution in [1.29, 1.82) is 0 Å². The summed E-state index contributed by atoms with van der Waals surface area (Å²) >= 11 is 5.30. The molecule has 0 aliphatic heterocycles. The van der Waals surface area contributed by atoms with Crippen molar-refractivity contribution in [3.8, 4) is 0 Å². The highest BCUT2D eigenvalue weighted by atomic mass is 79.9. The molecule has 0 saturated heterocycles. The number of benzene rings is 1. The number of hydrazine groups is 1. The number of hydrogen-bond acceptors (Lipinski definition) is 3. The van der Waals surface area contributed by atoms with Gasteiger partial charge in [-0.2, -0.15) is 0 Å². The predicted molar refractivity (Wildman–Crippen MR) is 77.0 cm³/mol. The number of rotatable bonds is 4. The Labute approximate surface area is 114 Å². The lowest BCUT2D eigenvalue weighted by Gasteiger charge is -2.16. The predicted octanol–water partition coefficient (Wildman–Crippen LogP) is 3.57. The number of thiophene rings is 1. The van der Waals surface area contributed by atoms with Gasteiger partial charge in [-0.1, -0.05) is 29.8 Å². The third kappa shape index (κ3) is 3.16. The molecule has 0 radical (unpaired) electrons. The topological polar surface area (TPSA) is 38.0 Å². The Hall–Kier alpha value is -0.680. The molecule has 1 aromatic heterocycles. The molecule has 4 heteroatoms. The molecule has 1 unspecified atom stereocenters. The van der Waals surface area contributed by atoms with Gasteiger partial charge in [-0.15, -0.1) is 11.3 Å². The van der Waals surface area contributed by atoms with Crippen LogP contribution in [0.1, 0.15) is 22.0 Å². The first-order valence-corrected chi connectivity index (χ1v) is 7.12. The highest BCUT2D eigenvalue weighted by Gasteiger charge is 2.12. The molecule has 0 aliphatic rings. The number of halogens is 1. The molecule has 2 rings (SSSR count). The quantitative estimate of drug-likeness (QED) is 0.669. The Kier molecular flexibility index (Phi) is 4.34. The molecule has 0 amide bonds. The second-order valence-electron chi connectivity index (χ2n) is 4.03. The Morgan fingerprint density at radius 1 is 1.29 bits per heavy atom. The molecule has 0 fully saturated rings. The maximum Gasteiger partial charge on any atom is 0.0508 e. The van der Waals surface area contributed by atoms with Crippen molar-refractivity contribution in [2.75, 3.05) is 0 Å². The van der Waals surface area contributed by atoms with Gasteiger partial charge in [-0.05, 0) is 39.9 Å². The van der Waals surface area contributed by atoms with Crippen LogP contribution in [0.15, 0.2) is 40.2 Å². The van der Waals surface area contributed by atoms with Crippen molar-refractivity contribution >= 4 is 27.3 Å². The number of nitrogens with one attached hydrogen (secondary N) is 1. The average molecular weight is 311 g/mol. The minimum atomic E-state index is 0.158. The van der Waals surface area contributed by atoms with Gasteiger partial charge in [0.15, 0.2) is 0 Å². The zero-order valence-electron chi connectivity index (χ0n) is 9.61. The molecule has 2 aromatic rings. The largest absolute Gasteiger partial charge is 0.271 e. The van der Waals surface area contributed by atoms with Crippen molar-refractivity contribution in [3.05, 3.63) is 56.2 Å². The van der Waals surface area contributed by atoms with E-state index in [1.807, 2.05) is 0 Å². The third-order valence-electron chi connectivity index (χ3n) is 2.76. The normalized spacial score (nSPS) is 12.6. The zero-order valence-corrected chi connectivity index (χ0v) is 12.0. The first-order chi connectivity index (χ1) is 8.20. The van der Waals surface area contributed by atoms with E-state index in [4.69, 9.17) is 5.84 Å². The number of aryl methyl sites for hydroxylation is 1. The van der Waals surface area contributed by atoms with Crippen molar-refractivity contribution in [2.45, 2.75) is 19.4 Å².